The first-order valence-electron chi connectivity index (χ1n) is 7.92. The molecule has 1 aromatic rings. The lowest BCUT2D eigenvalue weighted by atomic mass is 10.0. The van der Waals surface area contributed by atoms with E-state index in [1.807, 2.05) is 0 Å². The number of hydrogen-bond acceptors (Lipinski definition) is 2. The van der Waals surface area contributed by atoms with E-state index < -0.39 is 0 Å². The highest BCUT2D eigenvalue weighted by molar-refractivity contribution is 5.30. The first-order chi connectivity index (χ1) is 9.42. The number of nitrogens with zero attached hydrogens (tertiary/aromatic N) is 1. The van der Waals surface area contributed by atoms with Crippen LogP contribution in [0.5, 0.6) is 0 Å². The van der Waals surface area contributed by atoms with Crippen molar-refractivity contribution in [2.75, 3.05) is 26.7 Å². The Hall–Kier alpha value is -0.860. The Bertz CT molecular complexity index is 378. The van der Waals surface area contributed by atoms with Crippen molar-refractivity contribution in [3.05, 3.63) is 34.9 Å². The maximum absolute atomic E-state index is 3.70. The number of rotatable bonds is 8. The van der Waals surface area contributed by atoms with Gasteiger partial charge in [-0.15, -0.1) is 0 Å². The lowest BCUT2D eigenvalue weighted by molar-refractivity contribution is 0.262. The van der Waals surface area contributed by atoms with Crippen molar-refractivity contribution in [3.8, 4) is 0 Å². The summed E-state index contributed by atoms with van der Waals surface area (Å²) in [5.74, 6) is 0.714. The summed E-state index contributed by atoms with van der Waals surface area (Å²) in [6.45, 7) is 14.5. The molecule has 0 radical (unpaired) electrons. The molecule has 0 amide bonds. The quantitative estimate of drug-likeness (QED) is 0.774. The van der Waals surface area contributed by atoms with Gasteiger partial charge in [-0.05, 0) is 45.3 Å². The zero-order valence-electron chi connectivity index (χ0n) is 14.2. The molecule has 2 nitrogen and oxygen atoms in total. The maximum atomic E-state index is 3.70. The van der Waals surface area contributed by atoms with Crippen LogP contribution in [-0.4, -0.2) is 31.6 Å². The van der Waals surface area contributed by atoms with Crippen LogP contribution in [-0.2, 0) is 0 Å². The van der Waals surface area contributed by atoms with Crippen LogP contribution >= 0.6 is 0 Å². The minimum atomic E-state index is 0.428. The van der Waals surface area contributed by atoms with Gasteiger partial charge in [-0.3, -0.25) is 0 Å². The summed E-state index contributed by atoms with van der Waals surface area (Å²) in [7, 11) is 2.23. The van der Waals surface area contributed by atoms with Gasteiger partial charge in [-0.25, -0.2) is 0 Å². The highest BCUT2D eigenvalue weighted by atomic mass is 15.1. The number of benzene rings is 1. The predicted octanol–water partition coefficient (Wildman–Crippen LogP) is 3.93. The summed E-state index contributed by atoms with van der Waals surface area (Å²) in [4.78, 5) is 2.44. The molecule has 0 aliphatic heterocycles. The normalized spacial score (nSPS) is 13.2. The smallest absolute Gasteiger partial charge is 0.0449 e. The summed E-state index contributed by atoms with van der Waals surface area (Å²) < 4.78 is 0. The minimum Gasteiger partial charge on any atom is -0.309 e. The largest absolute Gasteiger partial charge is 0.309 e. The van der Waals surface area contributed by atoms with Gasteiger partial charge in [-0.1, -0.05) is 50.1 Å². The van der Waals surface area contributed by atoms with Gasteiger partial charge in [0.05, 0.1) is 0 Å². The molecule has 1 atom stereocenters. The molecule has 2 heteroatoms. The lowest BCUT2D eigenvalue weighted by Gasteiger charge is -2.27. The number of likely N-dealkylation sites (N-methyl/N-ethyl adjacent to an activating group) is 1. The number of hydrogen-bond donors (Lipinski definition) is 1. The summed E-state index contributed by atoms with van der Waals surface area (Å²) in [6, 6.07) is 7.32. The van der Waals surface area contributed by atoms with E-state index >= 15 is 0 Å². The van der Waals surface area contributed by atoms with E-state index in [4.69, 9.17) is 0 Å². The fraction of sp³-hybridized carbons (Fsp3) is 0.667. The Kier molecular flexibility index (Phi) is 7.25. The summed E-state index contributed by atoms with van der Waals surface area (Å²) >= 11 is 0. The zero-order chi connectivity index (χ0) is 15.1. The topological polar surface area (TPSA) is 15.3 Å². The van der Waals surface area contributed by atoms with Crippen LogP contribution in [0.15, 0.2) is 18.2 Å². The first kappa shape index (κ1) is 17.2. The van der Waals surface area contributed by atoms with E-state index in [9.17, 15) is 0 Å². The molecule has 0 aliphatic rings. The highest BCUT2D eigenvalue weighted by Crippen LogP contribution is 2.18. The van der Waals surface area contributed by atoms with E-state index in [0.717, 1.165) is 19.6 Å². The van der Waals surface area contributed by atoms with Gasteiger partial charge in [0.15, 0.2) is 0 Å². The van der Waals surface area contributed by atoms with Crippen LogP contribution in [0.4, 0.5) is 0 Å². The van der Waals surface area contributed by atoms with Crippen molar-refractivity contribution in [3.63, 3.8) is 0 Å². The van der Waals surface area contributed by atoms with Gasteiger partial charge in [0.25, 0.3) is 0 Å². The zero-order valence-corrected chi connectivity index (χ0v) is 14.2. The van der Waals surface area contributed by atoms with Crippen molar-refractivity contribution in [2.24, 2.45) is 5.92 Å². The second kappa shape index (κ2) is 8.43. The maximum Gasteiger partial charge on any atom is 0.0449 e. The molecule has 20 heavy (non-hydrogen) atoms. The third-order valence-electron chi connectivity index (χ3n) is 3.46. The van der Waals surface area contributed by atoms with Gasteiger partial charge in [0.2, 0.25) is 0 Å². The first-order valence-corrected chi connectivity index (χ1v) is 7.92. The van der Waals surface area contributed by atoms with Crippen LogP contribution in [0, 0.1) is 19.8 Å². The Morgan fingerprint density at radius 1 is 1.05 bits per heavy atom. The predicted molar refractivity (Wildman–Crippen MR) is 89.3 cm³/mol. The molecule has 1 N–H and O–H groups in total. The molecular weight excluding hydrogens is 244 g/mol. The fourth-order valence-corrected chi connectivity index (χ4v) is 2.83. The average Bonchev–Trinajstić information content (AvgIpc) is 2.32. The van der Waals surface area contributed by atoms with E-state index in [2.05, 4.69) is 70.1 Å². The van der Waals surface area contributed by atoms with Crippen LogP contribution in [0.2, 0.25) is 0 Å². The lowest BCUT2D eigenvalue weighted by Crippen LogP contribution is -2.35. The Balaban J connectivity index is 2.81. The summed E-state index contributed by atoms with van der Waals surface area (Å²) in [6.07, 6.45) is 1.18. The third-order valence-corrected chi connectivity index (χ3v) is 3.46. The molecule has 0 saturated heterocycles. The average molecular weight is 276 g/mol. The third kappa shape index (κ3) is 6.06. The number of aryl methyl sites for hydroxylation is 2. The molecular formula is C18H32N2. The molecule has 114 valence electrons. The summed E-state index contributed by atoms with van der Waals surface area (Å²) in [5.41, 5.74) is 4.14. The Morgan fingerprint density at radius 2 is 1.65 bits per heavy atom. The van der Waals surface area contributed by atoms with E-state index in [1.165, 1.54) is 23.1 Å². The van der Waals surface area contributed by atoms with Crippen molar-refractivity contribution in [2.45, 2.75) is 47.1 Å². The van der Waals surface area contributed by atoms with Crippen molar-refractivity contribution in [1.82, 2.24) is 10.2 Å². The van der Waals surface area contributed by atoms with Gasteiger partial charge in [0, 0.05) is 19.1 Å². The van der Waals surface area contributed by atoms with Crippen molar-refractivity contribution in [1.29, 1.82) is 0 Å². The van der Waals surface area contributed by atoms with E-state index in [0.29, 0.717) is 12.0 Å². The molecule has 0 aliphatic carbocycles. The van der Waals surface area contributed by atoms with E-state index in [1.54, 1.807) is 0 Å². The Labute approximate surface area is 125 Å². The standard InChI is InChI=1S/C18H32N2/c1-7-8-19-18(13-20(6)12-14(2)3)17-10-15(4)9-16(5)11-17/h9-11,14,18-19H,7-8,12-13H2,1-6H3. The van der Waals surface area contributed by atoms with Crippen molar-refractivity contribution >= 4 is 0 Å². The van der Waals surface area contributed by atoms with Gasteiger partial charge >= 0.3 is 0 Å². The van der Waals surface area contributed by atoms with Crippen LogP contribution < -0.4 is 5.32 Å². The monoisotopic (exact) mass is 276 g/mol. The molecule has 0 aromatic heterocycles. The van der Waals surface area contributed by atoms with Crippen LogP contribution in [0.25, 0.3) is 0 Å². The molecule has 0 spiro atoms. The van der Waals surface area contributed by atoms with Gasteiger partial charge in [-0.2, -0.15) is 0 Å². The molecule has 0 fully saturated rings. The molecule has 1 rings (SSSR count). The summed E-state index contributed by atoms with van der Waals surface area (Å²) in [5, 5.41) is 3.70. The Morgan fingerprint density at radius 3 is 2.15 bits per heavy atom. The SMILES string of the molecule is CCCNC(CN(C)CC(C)C)c1cc(C)cc(C)c1. The minimum absolute atomic E-state index is 0.428. The highest BCUT2D eigenvalue weighted by Gasteiger charge is 2.14. The molecule has 1 aromatic carbocycles. The van der Waals surface area contributed by atoms with Gasteiger partial charge < -0.3 is 10.2 Å². The molecule has 1 unspecified atom stereocenters. The van der Waals surface area contributed by atoms with Gasteiger partial charge in [0.1, 0.15) is 0 Å². The van der Waals surface area contributed by atoms with Crippen LogP contribution in [0.1, 0.15) is 49.9 Å². The second-order valence-electron chi connectivity index (χ2n) is 6.54. The molecule has 0 heterocycles. The van der Waals surface area contributed by atoms with Crippen molar-refractivity contribution < 1.29 is 0 Å². The van der Waals surface area contributed by atoms with E-state index in [-0.39, 0.29) is 0 Å². The molecule has 0 bridgehead atoms. The second-order valence-corrected chi connectivity index (χ2v) is 6.54. The fourth-order valence-electron chi connectivity index (χ4n) is 2.83. The number of nitrogens with one attached hydrogen (secondary N) is 1. The molecule has 0 saturated carbocycles. The van der Waals surface area contributed by atoms with Crippen LogP contribution in [0.3, 0.4) is 0 Å².